The Kier molecular flexibility index (Phi) is 5.41. The van der Waals surface area contributed by atoms with Gasteiger partial charge in [0.15, 0.2) is 5.11 Å². The van der Waals surface area contributed by atoms with E-state index < -0.39 is 4.92 Å². The van der Waals surface area contributed by atoms with E-state index in [-0.39, 0.29) is 16.7 Å². The molecule has 1 amide bonds. The number of carbonyl (C=O) groups excluding carboxylic acids is 1. The molecule has 0 spiro atoms. The minimum Gasteiger partial charge on any atom is -0.332 e. The molecule has 2 N–H and O–H groups in total. The van der Waals surface area contributed by atoms with Crippen molar-refractivity contribution in [1.82, 2.24) is 5.32 Å². The lowest BCUT2D eigenvalue weighted by molar-refractivity contribution is -0.385. The number of carbonyl (C=O) groups is 1. The Morgan fingerprint density at radius 1 is 1.26 bits per heavy atom. The summed E-state index contributed by atoms with van der Waals surface area (Å²) in [6.45, 7) is 1.61. The predicted octanol–water partition coefficient (Wildman–Crippen LogP) is 3.79. The van der Waals surface area contributed by atoms with E-state index in [4.69, 9.17) is 12.2 Å². The van der Waals surface area contributed by atoms with Gasteiger partial charge < -0.3 is 5.32 Å². The van der Waals surface area contributed by atoms with Crippen LogP contribution >= 0.6 is 28.1 Å². The zero-order valence-electron chi connectivity index (χ0n) is 12.0. The van der Waals surface area contributed by atoms with Crippen LogP contribution in [0, 0.1) is 17.0 Å². The van der Waals surface area contributed by atoms with Gasteiger partial charge in [0.25, 0.3) is 11.6 Å². The maximum absolute atomic E-state index is 12.1. The third-order valence-electron chi connectivity index (χ3n) is 3.06. The van der Waals surface area contributed by atoms with Crippen molar-refractivity contribution in [3.63, 3.8) is 0 Å². The second kappa shape index (κ2) is 7.30. The standard InChI is InChI=1S/C15H12BrN3O3S/c1-9-12(6-3-7-13(9)19(21)22)17-15(23)18-14(20)10-4-2-5-11(16)8-10/h2-8H,1H3,(H2,17,18,20,23). The van der Waals surface area contributed by atoms with E-state index in [2.05, 4.69) is 26.6 Å². The molecule has 0 aliphatic heterocycles. The van der Waals surface area contributed by atoms with Crippen LogP contribution in [0.2, 0.25) is 0 Å². The van der Waals surface area contributed by atoms with Gasteiger partial charge in [-0.3, -0.25) is 20.2 Å². The number of nitrogens with one attached hydrogen (secondary N) is 2. The summed E-state index contributed by atoms with van der Waals surface area (Å²) in [5.74, 6) is -0.369. The molecule has 0 atom stereocenters. The molecule has 2 aromatic rings. The number of amides is 1. The summed E-state index contributed by atoms with van der Waals surface area (Å²) >= 11 is 8.38. The van der Waals surface area contributed by atoms with Gasteiger partial charge in [-0.2, -0.15) is 0 Å². The van der Waals surface area contributed by atoms with Crippen molar-refractivity contribution in [1.29, 1.82) is 0 Å². The number of halogens is 1. The van der Waals surface area contributed by atoms with E-state index in [1.165, 1.54) is 6.07 Å². The van der Waals surface area contributed by atoms with E-state index in [0.29, 0.717) is 16.8 Å². The highest BCUT2D eigenvalue weighted by Gasteiger charge is 2.15. The van der Waals surface area contributed by atoms with Crippen LogP contribution in [0.5, 0.6) is 0 Å². The predicted molar refractivity (Wildman–Crippen MR) is 95.7 cm³/mol. The van der Waals surface area contributed by atoms with Gasteiger partial charge in [-0.25, -0.2) is 0 Å². The summed E-state index contributed by atoms with van der Waals surface area (Å²) in [6, 6.07) is 11.5. The Morgan fingerprint density at radius 3 is 2.61 bits per heavy atom. The Morgan fingerprint density at radius 2 is 1.96 bits per heavy atom. The third kappa shape index (κ3) is 4.33. The highest BCUT2D eigenvalue weighted by Crippen LogP contribution is 2.24. The minimum absolute atomic E-state index is 0.0175. The number of nitro benzene ring substituents is 1. The summed E-state index contributed by atoms with van der Waals surface area (Å²) in [5.41, 5.74) is 1.34. The summed E-state index contributed by atoms with van der Waals surface area (Å²) < 4.78 is 0.776. The quantitative estimate of drug-likeness (QED) is 0.470. The molecule has 8 heteroatoms. The molecule has 0 aliphatic rings. The highest BCUT2D eigenvalue weighted by atomic mass is 79.9. The molecule has 0 heterocycles. The van der Waals surface area contributed by atoms with Crippen LogP contribution < -0.4 is 10.6 Å². The van der Waals surface area contributed by atoms with Crippen LogP contribution in [0.3, 0.4) is 0 Å². The number of nitro groups is 1. The molecule has 2 aromatic carbocycles. The zero-order chi connectivity index (χ0) is 17.0. The minimum atomic E-state index is -0.469. The largest absolute Gasteiger partial charge is 0.332 e. The molecule has 118 valence electrons. The van der Waals surface area contributed by atoms with E-state index in [1.54, 1.807) is 43.3 Å². The van der Waals surface area contributed by atoms with E-state index in [9.17, 15) is 14.9 Å². The number of hydrogen-bond donors (Lipinski definition) is 2. The Balaban J connectivity index is 2.10. The van der Waals surface area contributed by atoms with Crippen LogP contribution in [0.15, 0.2) is 46.9 Å². The van der Waals surface area contributed by atoms with Crippen molar-refractivity contribution in [2.45, 2.75) is 6.92 Å². The summed E-state index contributed by atoms with van der Waals surface area (Å²) in [7, 11) is 0. The van der Waals surface area contributed by atoms with Gasteiger partial charge in [-0.15, -0.1) is 0 Å². The van der Waals surface area contributed by atoms with Crippen molar-refractivity contribution in [3.05, 3.63) is 68.2 Å². The van der Waals surface area contributed by atoms with E-state index >= 15 is 0 Å². The summed E-state index contributed by atoms with van der Waals surface area (Å²) in [5, 5.41) is 16.3. The molecule has 0 bridgehead atoms. The summed E-state index contributed by atoms with van der Waals surface area (Å²) in [4.78, 5) is 22.5. The molecule has 0 unspecified atom stereocenters. The van der Waals surface area contributed by atoms with Crippen molar-refractivity contribution < 1.29 is 9.72 Å². The van der Waals surface area contributed by atoms with Gasteiger partial charge in [0.1, 0.15) is 0 Å². The van der Waals surface area contributed by atoms with Crippen LogP contribution in [0.1, 0.15) is 15.9 Å². The molecule has 0 saturated carbocycles. The lowest BCUT2D eigenvalue weighted by Crippen LogP contribution is -2.34. The Bertz CT molecular complexity index is 795. The van der Waals surface area contributed by atoms with Gasteiger partial charge in [0, 0.05) is 16.1 Å². The molecule has 0 aliphatic carbocycles. The third-order valence-corrected chi connectivity index (χ3v) is 3.76. The molecule has 0 aromatic heterocycles. The maximum atomic E-state index is 12.1. The topological polar surface area (TPSA) is 84.3 Å². The first kappa shape index (κ1) is 17.0. The average molecular weight is 394 g/mol. The number of thiocarbonyl (C=S) groups is 1. The Hall–Kier alpha value is -2.32. The molecular weight excluding hydrogens is 382 g/mol. The molecule has 23 heavy (non-hydrogen) atoms. The van der Waals surface area contributed by atoms with Crippen LogP contribution in [0.25, 0.3) is 0 Å². The number of nitrogens with zero attached hydrogens (tertiary/aromatic N) is 1. The average Bonchev–Trinajstić information content (AvgIpc) is 2.49. The first-order valence-electron chi connectivity index (χ1n) is 6.50. The highest BCUT2D eigenvalue weighted by molar-refractivity contribution is 9.10. The van der Waals surface area contributed by atoms with Crippen LogP contribution in [-0.4, -0.2) is 15.9 Å². The first-order chi connectivity index (χ1) is 10.9. The monoisotopic (exact) mass is 393 g/mol. The normalized spacial score (nSPS) is 10.0. The van der Waals surface area contributed by atoms with Gasteiger partial charge in [0.2, 0.25) is 0 Å². The molecule has 2 rings (SSSR count). The molecule has 0 fully saturated rings. The van der Waals surface area contributed by atoms with Gasteiger partial charge in [0.05, 0.1) is 16.2 Å². The van der Waals surface area contributed by atoms with Crippen molar-refractivity contribution >= 4 is 50.5 Å². The first-order valence-corrected chi connectivity index (χ1v) is 7.70. The smallest absolute Gasteiger partial charge is 0.274 e. The fraction of sp³-hybridized carbons (Fsp3) is 0.0667. The van der Waals surface area contributed by atoms with Gasteiger partial charge in [-0.1, -0.05) is 28.1 Å². The maximum Gasteiger partial charge on any atom is 0.274 e. The number of anilines is 1. The Labute approximate surface area is 146 Å². The van der Waals surface area contributed by atoms with E-state index in [1.807, 2.05) is 0 Å². The zero-order valence-corrected chi connectivity index (χ0v) is 14.4. The summed E-state index contributed by atoms with van der Waals surface area (Å²) in [6.07, 6.45) is 0. The fourth-order valence-corrected chi connectivity index (χ4v) is 2.52. The van der Waals surface area contributed by atoms with Crippen molar-refractivity contribution in [2.75, 3.05) is 5.32 Å². The molecule has 0 saturated heterocycles. The van der Waals surface area contributed by atoms with Crippen molar-refractivity contribution in [3.8, 4) is 0 Å². The van der Waals surface area contributed by atoms with E-state index in [0.717, 1.165) is 4.47 Å². The second-order valence-electron chi connectivity index (χ2n) is 4.63. The van der Waals surface area contributed by atoms with Crippen LogP contribution in [0.4, 0.5) is 11.4 Å². The fourth-order valence-electron chi connectivity index (χ4n) is 1.92. The number of hydrogen-bond acceptors (Lipinski definition) is 4. The molecule has 6 nitrogen and oxygen atoms in total. The molecule has 0 radical (unpaired) electrons. The van der Waals surface area contributed by atoms with Gasteiger partial charge >= 0.3 is 0 Å². The SMILES string of the molecule is Cc1c(NC(=S)NC(=O)c2cccc(Br)c2)cccc1[N+](=O)[O-]. The number of rotatable bonds is 3. The lowest BCUT2D eigenvalue weighted by atomic mass is 10.1. The lowest BCUT2D eigenvalue weighted by Gasteiger charge is -2.12. The van der Waals surface area contributed by atoms with Crippen LogP contribution in [-0.2, 0) is 0 Å². The van der Waals surface area contributed by atoms with Crippen molar-refractivity contribution in [2.24, 2.45) is 0 Å². The number of benzene rings is 2. The molecular formula is C15H12BrN3O3S. The second-order valence-corrected chi connectivity index (χ2v) is 5.95. The van der Waals surface area contributed by atoms with Gasteiger partial charge in [-0.05, 0) is 43.4 Å².